The fraction of sp³-hybridized carbons (Fsp3) is 0.692. The van der Waals surface area contributed by atoms with Crippen molar-refractivity contribution in [3.63, 3.8) is 0 Å². The molecule has 1 aromatic rings. The van der Waals surface area contributed by atoms with Crippen LogP contribution in [0, 0.1) is 5.92 Å². The van der Waals surface area contributed by atoms with Crippen molar-refractivity contribution < 1.29 is 9.90 Å². The maximum absolute atomic E-state index is 11.5. The molecule has 0 spiro atoms. The first kappa shape index (κ1) is 15.5. The molecule has 0 radical (unpaired) electrons. The highest BCUT2D eigenvalue weighted by atomic mass is 16.3. The Bertz CT molecular complexity index is 354. The van der Waals surface area contributed by atoms with Crippen LogP contribution in [-0.2, 0) is 6.54 Å². The highest BCUT2D eigenvalue weighted by Gasteiger charge is 2.12. The first-order valence-electron chi connectivity index (χ1n) is 6.80. The number of hydrogen-bond donors (Lipinski definition) is 3. The number of hydrogen-bond acceptors (Lipinski definition) is 3. The van der Waals surface area contributed by atoms with E-state index in [1.807, 2.05) is 30.8 Å². The predicted octanol–water partition coefficient (Wildman–Crippen LogP) is 0.979. The molecule has 0 fully saturated rings. The summed E-state index contributed by atoms with van der Waals surface area (Å²) in [6, 6.07) is 1.64. The second-order valence-electron chi connectivity index (χ2n) is 4.71. The van der Waals surface area contributed by atoms with Crippen molar-refractivity contribution in [2.75, 3.05) is 13.1 Å². The molecule has 19 heavy (non-hydrogen) atoms. The van der Waals surface area contributed by atoms with Gasteiger partial charge in [0.05, 0.1) is 6.10 Å². The van der Waals surface area contributed by atoms with Gasteiger partial charge in [0.15, 0.2) is 0 Å². The number of amides is 2. The van der Waals surface area contributed by atoms with Crippen LogP contribution in [0.25, 0.3) is 0 Å². The summed E-state index contributed by atoms with van der Waals surface area (Å²) < 4.78 is 1.83. The van der Waals surface area contributed by atoms with Gasteiger partial charge in [-0.15, -0.1) is 0 Å². The van der Waals surface area contributed by atoms with Crippen molar-refractivity contribution in [1.82, 2.24) is 20.4 Å². The Morgan fingerprint density at radius 3 is 2.89 bits per heavy atom. The number of aryl methyl sites for hydroxylation is 1. The van der Waals surface area contributed by atoms with Crippen LogP contribution >= 0.6 is 0 Å². The number of nitrogens with one attached hydrogen (secondary N) is 2. The minimum Gasteiger partial charge on any atom is -0.391 e. The monoisotopic (exact) mass is 268 g/mol. The number of carbonyl (C=O) groups is 1. The van der Waals surface area contributed by atoms with Gasteiger partial charge in [-0.05, 0) is 18.4 Å². The Morgan fingerprint density at radius 2 is 2.26 bits per heavy atom. The third kappa shape index (κ3) is 6.24. The van der Waals surface area contributed by atoms with E-state index < -0.39 is 6.10 Å². The van der Waals surface area contributed by atoms with Crippen molar-refractivity contribution in [3.8, 4) is 0 Å². The van der Waals surface area contributed by atoms with E-state index in [4.69, 9.17) is 0 Å². The topological polar surface area (TPSA) is 79.2 Å². The zero-order valence-corrected chi connectivity index (χ0v) is 11.7. The number of nitrogens with zero attached hydrogens (tertiary/aromatic N) is 2. The summed E-state index contributed by atoms with van der Waals surface area (Å²) in [7, 11) is 0. The Balaban J connectivity index is 2.04. The van der Waals surface area contributed by atoms with Crippen LogP contribution < -0.4 is 10.6 Å². The van der Waals surface area contributed by atoms with E-state index in [0.717, 1.165) is 19.4 Å². The van der Waals surface area contributed by atoms with E-state index in [2.05, 4.69) is 15.7 Å². The van der Waals surface area contributed by atoms with Gasteiger partial charge < -0.3 is 15.7 Å². The largest absolute Gasteiger partial charge is 0.391 e. The molecule has 0 aromatic carbocycles. The van der Waals surface area contributed by atoms with Crippen molar-refractivity contribution in [1.29, 1.82) is 0 Å². The van der Waals surface area contributed by atoms with Gasteiger partial charge in [-0.1, -0.05) is 20.3 Å². The average Bonchev–Trinajstić information content (AvgIpc) is 2.93. The van der Waals surface area contributed by atoms with Crippen LogP contribution in [0.15, 0.2) is 18.5 Å². The SMILES string of the molecule is CCC(C)C(O)CNC(=O)NCCCn1cccn1. The van der Waals surface area contributed by atoms with Gasteiger partial charge in [0.2, 0.25) is 0 Å². The number of carbonyl (C=O) groups excluding carboxylic acids is 1. The van der Waals surface area contributed by atoms with Crippen LogP contribution in [0.1, 0.15) is 26.7 Å². The van der Waals surface area contributed by atoms with Crippen LogP contribution in [0.5, 0.6) is 0 Å². The van der Waals surface area contributed by atoms with E-state index in [0.29, 0.717) is 13.1 Å². The molecule has 0 saturated carbocycles. The maximum Gasteiger partial charge on any atom is 0.314 e. The number of rotatable bonds is 8. The van der Waals surface area contributed by atoms with Gasteiger partial charge in [-0.2, -0.15) is 5.10 Å². The molecule has 1 heterocycles. The van der Waals surface area contributed by atoms with Crippen molar-refractivity contribution in [2.45, 2.75) is 39.3 Å². The zero-order chi connectivity index (χ0) is 14.1. The highest BCUT2D eigenvalue weighted by molar-refractivity contribution is 5.73. The zero-order valence-electron chi connectivity index (χ0n) is 11.7. The number of aliphatic hydroxyl groups excluding tert-OH is 1. The van der Waals surface area contributed by atoms with Gasteiger partial charge in [0.1, 0.15) is 0 Å². The Morgan fingerprint density at radius 1 is 1.47 bits per heavy atom. The summed E-state index contributed by atoms with van der Waals surface area (Å²) in [5.74, 6) is 0.195. The third-order valence-electron chi connectivity index (χ3n) is 3.18. The van der Waals surface area contributed by atoms with Gasteiger partial charge in [-0.25, -0.2) is 4.79 Å². The number of urea groups is 1. The second-order valence-corrected chi connectivity index (χ2v) is 4.71. The van der Waals surface area contributed by atoms with Crippen molar-refractivity contribution in [3.05, 3.63) is 18.5 Å². The molecule has 1 rings (SSSR count). The Labute approximate surface area is 114 Å². The molecule has 2 unspecified atom stereocenters. The normalized spacial score (nSPS) is 13.8. The van der Waals surface area contributed by atoms with Crippen molar-refractivity contribution in [2.24, 2.45) is 5.92 Å². The predicted molar refractivity (Wildman–Crippen MR) is 73.7 cm³/mol. The Hall–Kier alpha value is -1.56. The molecule has 2 atom stereocenters. The summed E-state index contributed by atoms with van der Waals surface area (Å²) in [5.41, 5.74) is 0. The molecular formula is C13H24N4O2. The quantitative estimate of drug-likeness (QED) is 0.615. The fourth-order valence-corrected chi connectivity index (χ4v) is 1.61. The molecule has 0 saturated heterocycles. The molecule has 0 bridgehead atoms. The van der Waals surface area contributed by atoms with Crippen LogP contribution in [0.2, 0.25) is 0 Å². The number of aliphatic hydroxyl groups is 1. The van der Waals surface area contributed by atoms with Crippen LogP contribution in [-0.4, -0.2) is 40.1 Å². The summed E-state index contributed by atoms with van der Waals surface area (Å²) in [4.78, 5) is 11.5. The summed E-state index contributed by atoms with van der Waals surface area (Å²) in [6.07, 6.45) is 4.86. The van der Waals surface area contributed by atoms with Gasteiger partial charge in [0, 0.05) is 32.0 Å². The summed E-state index contributed by atoms with van der Waals surface area (Å²) >= 11 is 0. The van der Waals surface area contributed by atoms with Gasteiger partial charge in [-0.3, -0.25) is 4.68 Å². The molecule has 6 nitrogen and oxygen atoms in total. The third-order valence-corrected chi connectivity index (χ3v) is 3.18. The molecule has 0 aliphatic heterocycles. The minimum atomic E-state index is -0.486. The standard InChI is InChI=1S/C13H24N4O2/c1-3-11(2)12(18)10-15-13(19)14-6-4-8-17-9-5-7-16-17/h5,7,9,11-12,18H,3-4,6,8,10H2,1-2H3,(H2,14,15,19). The lowest BCUT2D eigenvalue weighted by Gasteiger charge is -2.17. The molecule has 0 aliphatic rings. The van der Waals surface area contributed by atoms with Crippen LogP contribution in [0.3, 0.4) is 0 Å². The lowest BCUT2D eigenvalue weighted by Crippen LogP contribution is -2.41. The first-order valence-corrected chi connectivity index (χ1v) is 6.80. The van der Waals surface area contributed by atoms with Crippen LogP contribution in [0.4, 0.5) is 4.79 Å². The average molecular weight is 268 g/mol. The van der Waals surface area contributed by atoms with E-state index in [9.17, 15) is 9.90 Å². The van der Waals surface area contributed by atoms with Gasteiger partial charge in [0.25, 0.3) is 0 Å². The van der Waals surface area contributed by atoms with Crippen molar-refractivity contribution >= 4 is 6.03 Å². The molecule has 2 amide bonds. The molecule has 0 aliphatic carbocycles. The molecule has 6 heteroatoms. The summed E-state index contributed by atoms with van der Waals surface area (Å²) in [6.45, 7) is 5.64. The lowest BCUT2D eigenvalue weighted by atomic mass is 10.0. The van der Waals surface area contributed by atoms with Gasteiger partial charge >= 0.3 is 6.03 Å². The fourth-order valence-electron chi connectivity index (χ4n) is 1.61. The first-order chi connectivity index (χ1) is 9.13. The smallest absolute Gasteiger partial charge is 0.314 e. The molecular weight excluding hydrogens is 244 g/mol. The Kier molecular flexibility index (Phi) is 6.95. The van der Waals surface area contributed by atoms with E-state index in [-0.39, 0.29) is 11.9 Å². The molecule has 108 valence electrons. The molecule has 3 N–H and O–H groups in total. The summed E-state index contributed by atoms with van der Waals surface area (Å²) in [5, 5.41) is 19.2. The lowest BCUT2D eigenvalue weighted by molar-refractivity contribution is 0.114. The second kappa shape index (κ2) is 8.53. The highest BCUT2D eigenvalue weighted by Crippen LogP contribution is 2.05. The molecule has 1 aromatic heterocycles. The maximum atomic E-state index is 11.5. The van der Waals surface area contributed by atoms with E-state index >= 15 is 0 Å². The number of aromatic nitrogens is 2. The van der Waals surface area contributed by atoms with E-state index in [1.54, 1.807) is 6.20 Å². The minimum absolute atomic E-state index is 0.195. The van der Waals surface area contributed by atoms with E-state index in [1.165, 1.54) is 0 Å².